The van der Waals surface area contributed by atoms with Gasteiger partial charge in [0, 0.05) is 19.3 Å². The van der Waals surface area contributed by atoms with Gasteiger partial charge in [0.1, 0.15) is 13.2 Å². The van der Waals surface area contributed by atoms with Crippen molar-refractivity contribution in [2.75, 3.05) is 13.2 Å². The van der Waals surface area contributed by atoms with E-state index in [1.54, 1.807) is 0 Å². The summed E-state index contributed by atoms with van der Waals surface area (Å²) < 4.78 is 16.7. The first-order chi connectivity index (χ1) is 32.5. The highest BCUT2D eigenvalue weighted by molar-refractivity contribution is 5.71. The number of unbranched alkanes of at least 4 members (excludes halogenated alkanes) is 27. The molecule has 66 heavy (non-hydrogen) atoms. The van der Waals surface area contributed by atoms with E-state index in [1.165, 1.54) is 122 Å². The summed E-state index contributed by atoms with van der Waals surface area (Å²) in [4.78, 5) is 37.7. The third-order valence-corrected chi connectivity index (χ3v) is 12.0. The van der Waals surface area contributed by atoms with Gasteiger partial charge in [-0.05, 0) is 70.6 Å². The summed E-state index contributed by atoms with van der Waals surface area (Å²) in [5.74, 6) is -0.891. The van der Waals surface area contributed by atoms with Crippen molar-refractivity contribution in [1.29, 1.82) is 0 Å². The second kappa shape index (κ2) is 54.5. The van der Waals surface area contributed by atoms with Gasteiger partial charge in [-0.15, -0.1) is 0 Å². The molecule has 380 valence electrons. The van der Waals surface area contributed by atoms with Crippen LogP contribution < -0.4 is 0 Å². The van der Waals surface area contributed by atoms with Crippen molar-refractivity contribution >= 4 is 17.9 Å². The number of hydrogen-bond acceptors (Lipinski definition) is 6. The average molecular weight is 921 g/mol. The molecule has 0 aromatic heterocycles. The smallest absolute Gasteiger partial charge is 0.306 e. The molecular weight excluding hydrogens is 817 g/mol. The number of carbonyl (C=O) groups is 3. The topological polar surface area (TPSA) is 78.9 Å². The molecule has 0 radical (unpaired) electrons. The van der Waals surface area contributed by atoms with Gasteiger partial charge in [-0.3, -0.25) is 14.4 Å². The van der Waals surface area contributed by atoms with Gasteiger partial charge in [0.05, 0.1) is 0 Å². The number of rotatable bonds is 50. The van der Waals surface area contributed by atoms with E-state index in [9.17, 15) is 14.4 Å². The summed E-state index contributed by atoms with van der Waals surface area (Å²) in [6, 6.07) is 0. The zero-order valence-electron chi connectivity index (χ0n) is 43.4. The highest BCUT2D eigenvalue weighted by atomic mass is 16.6. The Morgan fingerprint density at radius 1 is 0.318 bits per heavy atom. The van der Waals surface area contributed by atoms with Gasteiger partial charge in [0.2, 0.25) is 0 Å². The molecule has 0 amide bonds. The largest absolute Gasteiger partial charge is 0.462 e. The lowest BCUT2D eigenvalue weighted by molar-refractivity contribution is -0.167. The monoisotopic (exact) mass is 921 g/mol. The highest BCUT2D eigenvalue weighted by Crippen LogP contribution is 2.16. The third-order valence-electron chi connectivity index (χ3n) is 12.0. The lowest BCUT2D eigenvalue weighted by Crippen LogP contribution is -2.30. The van der Waals surface area contributed by atoms with Crippen LogP contribution in [-0.4, -0.2) is 37.2 Å². The van der Waals surface area contributed by atoms with Gasteiger partial charge in [0.25, 0.3) is 0 Å². The first kappa shape index (κ1) is 62.8. The minimum absolute atomic E-state index is 0.0762. The van der Waals surface area contributed by atoms with E-state index in [0.29, 0.717) is 19.3 Å². The predicted octanol–water partition coefficient (Wildman–Crippen LogP) is 18.6. The minimum Gasteiger partial charge on any atom is -0.462 e. The van der Waals surface area contributed by atoms with Crippen molar-refractivity contribution in [3.63, 3.8) is 0 Å². The second-order valence-electron chi connectivity index (χ2n) is 18.5. The van der Waals surface area contributed by atoms with Crippen LogP contribution in [-0.2, 0) is 28.6 Å². The molecule has 1 atom stereocenters. The molecule has 1 unspecified atom stereocenters. The first-order valence-corrected chi connectivity index (χ1v) is 27.9. The standard InChI is InChI=1S/C60H104O6/c1-4-7-10-13-15-17-19-21-23-25-26-27-28-29-30-31-32-33-34-35-37-38-40-42-44-47-50-53-59(62)65-56-57(55-64-58(61)52-49-46-12-9-6-3)66-60(63)54-51-48-45-43-41-39-36-24-22-20-18-16-14-11-8-5-2/h7,10,15,17,21,23,26-27,29-30,32-33,57H,4-6,8-9,11-14,16,18-20,22,24-25,28,31,34-56H2,1-3H3/b10-7-,17-15-,23-21-,27-26-,30-29-,33-32-. The minimum atomic E-state index is -0.772. The first-order valence-electron chi connectivity index (χ1n) is 27.9. The summed E-state index contributed by atoms with van der Waals surface area (Å²) in [5.41, 5.74) is 0. The fourth-order valence-corrected chi connectivity index (χ4v) is 7.80. The van der Waals surface area contributed by atoms with Crippen molar-refractivity contribution in [3.05, 3.63) is 72.9 Å². The second-order valence-corrected chi connectivity index (χ2v) is 18.5. The van der Waals surface area contributed by atoms with Crippen LogP contribution in [0.1, 0.15) is 271 Å². The van der Waals surface area contributed by atoms with Crippen LogP contribution in [0, 0.1) is 0 Å². The van der Waals surface area contributed by atoms with Crippen LogP contribution in [0.5, 0.6) is 0 Å². The molecule has 6 nitrogen and oxygen atoms in total. The van der Waals surface area contributed by atoms with Gasteiger partial charge in [0.15, 0.2) is 6.10 Å². The van der Waals surface area contributed by atoms with E-state index in [-0.39, 0.29) is 31.1 Å². The summed E-state index contributed by atoms with van der Waals surface area (Å²) >= 11 is 0. The van der Waals surface area contributed by atoms with Crippen LogP contribution in [0.2, 0.25) is 0 Å². The Balaban J connectivity index is 4.10. The Kier molecular flexibility index (Phi) is 51.9. The van der Waals surface area contributed by atoms with Gasteiger partial charge < -0.3 is 14.2 Å². The van der Waals surface area contributed by atoms with Crippen molar-refractivity contribution < 1.29 is 28.6 Å². The van der Waals surface area contributed by atoms with E-state index < -0.39 is 6.10 Å². The number of ether oxygens (including phenoxy) is 3. The highest BCUT2D eigenvalue weighted by Gasteiger charge is 2.19. The van der Waals surface area contributed by atoms with Crippen LogP contribution >= 0.6 is 0 Å². The predicted molar refractivity (Wildman–Crippen MR) is 284 cm³/mol. The molecule has 0 spiro atoms. The fraction of sp³-hybridized carbons (Fsp3) is 0.750. The quantitative estimate of drug-likeness (QED) is 0.0262. The molecule has 0 aromatic rings. The summed E-state index contributed by atoms with van der Waals surface area (Å²) in [6.45, 7) is 6.45. The van der Waals surface area contributed by atoms with Crippen molar-refractivity contribution in [3.8, 4) is 0 Å². The van der Waals surface area contributed by atoms with Crippen molar-refractivity contribution in [1.82, 2.24) is 0 Å². The Labute approximate surface area is 408 Å². The van der Waals surface area contributed by atoms with Crippen LogP contribution in [0.3, 0.4) is 0 Å². The zero-order chi connectivity index (χ0) is 47.9. The number of hydrogen-bond donors (Lipinski definition) is 0. The summed E-state index contributed by atoms with van der Waals surface area (Å²) in [5, 5.41) is 0. The average Bonchev–Trinajstić information content (AvgIpc) is 3.31. The van der Waals surface area contributed by atoms with E-state index in [0.717, 1.165) is 109 Å². The Morgan fingerprint density at radius 2 is 0.591 bits per heavy atom. The third kappa shape index (κ3) is 51.8. The zero-order valence-corrected chi connectivity index (χ0v) is 43.4. The van der Waals surface area contributed by atoms with Crippen LogP contribution in [0.25, 0.3) is 0 Å². The molecular formula is C60H104O6. The molecule has 0 saturated carbocycles. The molecule has 0 fully saturated rings. The molecule has 0 aliphatic heterocycles. The lowest BCUT2D eigenvalue weighted by atomic mass is 10.0. The number of esters is 3. The molecule has 0 N–H and O–H groups in total. The molecule has 0 bridgehead atoms. The summed E-state index contributed by atoms with van der Waals surface area (Å²) in [7, 11) is 0. The van der Waals surface area contributed by atoms with E-state index >= 15 is 0 Å². The van der Waals surface area contributed by atoms with E-state index in [1.807, 2.05) is 0 Å². The fourth-order valence-electron chi connectivity index (χ4n) is 7.80. The van der Waals surface area contributed by atoms with E-state index in [2.05, 4.69) is 93.7 Å². The molecule has 0 aliphatic rings. The number of allylic oxidation sites excluding steroid dienone is 12. The van der Waals surface area contributed by atoms with Crippen molar-refractivity contribution in [2.45, 2.75) is 277 Å². The number of carbonyl (C=O) groups excluding carboxylic acids is 3. The van der Waals surface area contributed by atoms with Gasteiger partial charge in [-0.25, -0.2) is 0 Å². The molecule has 0 heterocycles. The van der Waals surface area contributed by atoms with Gasteiger partial charge >= 0.3 is 17.9 Å². The Hall–Kier alpha value is -3.15. The molecule has 6 heteroatoms. The Morgan fingerprint density at radius 3 is 0.924 bits per heavy atom. The van der Waals surface area contributed by atoms with Crippen LogP contribution in [0.15, 0.2) is 72.9 Å². The molecule has 0 aliphatic carbocycles. The maximum atomic E-state index is 12.8. The van der Waals surface area contributed by atoms with Gasteiger partial charge in [-0.2, -0.15) is 0 Å². The maximum absolute atomic E-state index is 12.8. The molecule has 0 rings (SSSR count). The van der Waals surface area contributed by atoms with Gasteiger partial charge in [-0.1, -0.05) is 254 Å². The lowest BCUT2D eigenvalue weighted by Gasteiger charge is -2.18. The van der Waals surface area contributed by atoms with E-state index in [4.69, 9.17) is 14.2 Å². The molecule has 0 saturated heterocycles. The van der Waals surface area contributed by atoms with Crippen molar-refractivity contribution in [2.24, 2.45) is 0 Å². The summed E-state index contributed by atoms with van der Waals surface area (Å²) in [6.07, 6.45) is 69.3. The van der Waals surface area contributed by atoms with Crippen LogP contribution in [0.4, 0.5) is 0 Å². The maximum Gasteiger partial charge on any atom is 0.306 e. The normalized spacial score (nSPS) is 12.6. The Bertz CT molecular complexity index is 1240. The SMILES string of the molecule is CC/C=C\C/C=C\C/C=C\C/C=C\C/C=C\C/C=C\CCCCCCCCCCC(=O)OCC(COC(=O)CCCCCCC)OC(=O)CCCCCCCCCCCCCCCCCC. The molecule has 0 aromatic carbocycles.